The fraction of sp³-hybridized carbons (Fsp3) is 0.597. The summed E-state index contributed by atoms with van der Waals surface area (Å²) in [6.45, 7) is 6.34. The fourth-order valence-corrected chi connectivity index (χ4v) is 8.70. The van der Waals surface area contributed by atoms with Gasteiger partial charge in [0.25, 0.3) is 0 Å². The molecule has 0 saturated carbocycles. The van der Waals surface area contributed by atoms with Crippen LogP contribution < -0.4 is 0 Å². The second kappa shape index (κ2) is 69.3. The van der Waals surface area contributed by atoms with Crippen molar-refractivity contribution in [2.75, 3.05) is 13.2 Å². The molecule has 6 nitrogen and oxygen atoms in total. The molecule has 83 heavy (non-hydrogen) atoms. The molecule has 1 atom stereocenters. The average Bonchev–Trinajstić information content (AvgIpc) is 3.48. The lowest BCUT2D eigenvalue weighted by Gasteiger charge is -2.18. The van der Waals surface area contributed by atoms with Crippen LogP contribution in [0.3, 0.4) is 0 Å². The van der Waals surface area contributed by atoms with Gasteiger partial charge in [-0.25, -0.2) is 0 Å². The third kappa shape index (κ3) is 67.4. The van der Waals surface area contributed by atoms with Gasteiger partial charge in [-0.05, 0) is 148 Å². The first-order chi connectivity index (χ1) is 41.0. The Morgan fingerprint density at radius 3 is 0.747 bits per heavy atom. The van der Waals surface area contributed by atoms with Crippen LogP contribution in [0.2, 0.25) is 0 Å². The Kier molecular flexibility index (Phi) is 64.9. The molecule has 0 aromatic heterocycles. The van der Waals surface area contributed by atoms with Gasteiger partial charge in [0.05, 0.1) is 0 Å². The Hall–Kier alpha value is -5.23. The summed E-state index contributed by atoms with van der Waals surface area (Å²) in [4.78, 5) is 38.3. The van der Waals surface area contributed by atoms with Crippen molar-refractivity contribution in [2.24, 2.45) is 0 Å². The SMILES string of the molecule is CC/C=C\C/C=C\C/C=C\C/C=C\C/C=C\C/C=C\C/C=C\C/C=C\C/C=C\CCCCCCCCCC(=O)OCC(COC(=O)CCCCCCC/C=C\CCCC)OC(=O)CCCCCCCC/C=C\C/C=C\C/C=C\C/C=C\CC. The van der Waals surface area contributed by atoms with Crippen LogP contribution in [0.15, 0.2) is 170 Å². The average molecular weight is 1140 g/mol. The molecule has 466 valence electrons. The van der Waals surface area contributed by atoms with E-state index in [1.54, 1.807) is 0 Å². The zero-order valence-electron chi connectivity index (χ0n) is 53.4. The van der Waals surface area contributed by atoms with E-state index >= 15 is 0 Å². The van der Waals surface area contributed by atoms with Gasteiger partial charge in [0.1, 0.15) is 13.2 Å². The predicted octanol–water partition coefficient (Wildman–Crippen LogP) is 23.4. The van der Waals surface area contributed by atoms with Gasteiger partial charge in [-0.15, -0.1) is 0 Å². The number of carbonyl (C=O) groups is 3. The highest BCUT2D eigenvalue weighted by Gasteiger charge is 2.19. The Morgan fingerprint density at radius 1 is 0.253 bits per heavy atom. The summed E-state index contributed by atoms with van der Waals surface area (Å²) >= 11 is 0. The second-order valence-corrected chi connectivity index (χ2v) is 21.6. The van der Waals surface area contributed by atoms with Crippen molar-refractivity contribution in [2.45, 2.75) is 284 Å². The summed E-state index contributed by atoms with van der Waals surface area (Å²) in [7, 11) is 0. The molecular weight excluding hydrogens is 1020 g/mol. The normalized spacial score (nSPS) is 13.2. The van der Waals surface area contributed by atoms with Crippen LogP contribution in [-0.2, 0) is 28.6 Å². The van der Waals surface area contributed by atoms with Crippen molar-refractivity contribution in [3.63, 3.8) is 0 Å². The van der Waals surface area contributed by atoms with E-state index in [9.17, 15) is 14.4 Å². The maximum absolute atomic E-state index is 12.9. The Balaban J connectivity index is 4.30. The number of hydrogen-bond donors (Lipinski definition) is 0. The molecule has 0 fully saturated rings. The van der Waals surface area contributed by atoms with E-state index < -0.39 is 6.10 Å². The van der Waals surface area contributed by atoms with Gasteiger partial charge in [0.15, 0.2) is 6.10 Å². The summed E-state index contributed by atoms with van der Waals surface area (Å²) in [5.41, 5.74) is 0. The minimum absolute atomic E-state index is 0.0978. The van der Waals surface area contributed by atoms with Gasteiger partial charge in [-0.1, -0.05) is 281 Å². The van der Waals surface area contributed by atoms with Crippen molar-refractivity contribution in [1.29, 1.82) is 0 Å². The molecule has 0 spiro atoms. The number of rotatable bonds is 59. The van der Waals surface area contributed by atoms with Crippen LogP contribution in [0.25, 0.3) is 0 Å². The molecule has 0 rings (SSSR count). The molecule has 0 radical (unpaired) electrons. The van der Waals surface area contributed by atoms with Crippen LogP contribution in [0, 0.1) is 0 Å². The third-order valence-corrected chi connectivity index (χ3v) is 13.7. The maximum Gasteiger partial charge on any atom is 0.306 e. The van der Waals surface area contributed by atoms with Crippen LogP contribution in [0.4, 0.5) is 0 Å². The van der Waals surface area contributed by atoms with Gasteiger partial charge < -0.3 is 14.2 Å². The molecule has 0 N–H and O–H groups in total. The topological polar surface area (TPSA) is 78.9 Å². The molecule has 0 amide bonds. The highest BCUT2D eigenvalue weighted by Crippen LogP contribution is 2.14. The van der Waals surface area contributed by atoms with Gasteiger partial charge in [-0.2, -0.15) is 0 Å². The molecule has 0 heterocycles. The van der Waals surface area contributed by atoms with E-state index in [1.807, 2.05) is 0 Å². The lowest BCUT2D eigenvalue weighted by Crippen LogP contribution is -2.30. The molecule has 6 heteroatoms. The molecule has 1 unspecified atom stereocenters. The van der Waals surface area contributed by atoms with E-state index in [1.165, 1.54) is 64.2 Å². The monoisotopic (exact) mass is 1140 g/mol. The molecule has 0 aromatic carbocycles. The Labute approximate surface area is 511 Å². The third-order valence-electron chi connectivity index (χ3n) is 13.7. The van der Waals surface area contributed by atoms with Crippen LogP contribution in [-0.4, -0.2) is 37.2 Å². The molecule has 0 aromatic rings. The first-order valence-electron chi connectivity index (χ1n) is 33.6. The van der Waals surface area contributed by atoms with Crippen LogP contribution >= 0.6 is 0 Å². The van der Waals surface area contributed by atoms with E-state index in [0.29, 0.717) is 19.3 Å². The van der Waals surface area contributed by atoms with E-state index in [0.717, 1.165) is 173 Å². The lowest BCUT2D eigenvalue weighted by molar-refractivity contribution is -0.167. The first-order valence-corrected chi connectivity index (χ1v) is 33.6. The zero-order valence-corrected chi connectivity index (χ0v) is 53.4. The van der Waals surface area contributed by atoms with Crippen molar-refractivity contribution in [1.82, 2.24) is 0 Å². The smallest absolute Gasteiger partial charge is 0.306 e. The quantitative estimate of drug-likeness (QED) is 0.0261. The van der Waals surface area contributed by atoms with Crippen LogP contribution in [0.1, 0.15) is 278 Å². The lowest BCUT2D eigenvalue weighted by atomic mass is 10.1. The van der Waals surface area contributed by atoms with E-state index in [2.05, 4.69) is 191 Å². The minimum atomic E-state index is -0.802. The molecule has 0 saturated heterocycles. The maximum atomic E-state index is 12.9. The Morgan fingerprint density at radius 2 is 0.470 bits per heavy atom. The molecular formula is C77H122O6. The van der Waals surface area contributed by atoms with E-state index in [-0.39, 0.29) is 31.1 Å². The van der Waals surface area contributed by atoms with Gasteiger partial charge in [0, 0.05) is 19.3 Å². The fourth-order valence-electron chi connectivity index (χ4n) is 8.70. The molecule has 0 aliphatic carbocycles. The van der Waals surface area contributed by atoms with Gasteiger partial charge in [-0.3, -0.25) is 14.4 Å². The van der Waals surface area contributed by atoms with Crippen molar-refractivity contribution in [3.05, 3.63) is 170 Å². The highest BCUT2D eigenvalue weighted by atomic mass is 16.6. The molecule has 0 bridgehead atoms. The number of carbonyl (C=O) groups excluding carboxylic acids is 3. The number of allylic oxidation sites excluding steroid dienone is 28. The zero-order chi connectivity index (χ0) is 59.9. The highest BCUT2D eigenvalue weighted by molar-refractivity contribution is 5.71. The number of ether oxygens (including phenoxy) is 3. The predicted molar refractivity (Wildman–Crippen MR) is 361 cm³/mol. The van der Waals surface area contributed by atoms with Crippen LogP contribution in [0.5, 0.6) is 0 Å². The summed E-state index contributed by atoms with van der Waals surface area (Å²) in [5, 5.41) is 0. The Bertz CT molecular complexity index is 1890. The molecule has 0 aliphatic heterocycles. The summed E-state index contributed by atoms with van der Waals surface area (Å²) < 4.78 is 16.9. The number of hydrogen-bond acceptors (Lipinski definition) is 6. The van der Waals surface area contributed by atoms with Crippen molar-refractivity contribution < 1.29 is 28.6 Å². The van der Waals surface area contributed by atoms with E-state index in [4.69, 9.17) is 14.2 Å². The van der Waals surface area contributed by atoms with Gasteiger partial charge >= 0.3 is 17.9 Å². The van der Waals surface area contributed by atoms with Gasteiger partial charge in [0.2, 0.25) is 0 Å². The first kappa shape index (κ1) is 77.8. The standard InChI is InChI=1S/C77H122O6/c1-4-7-10-13-16-19-22-24-26-28-30-31-32-33-34-35-36-37-38-39-40-41-42-43-44-45-47-48-50-52-55-58-61-64-67-70-76(79)82-73-74(72-81-75(78)69-66-63-60-57-54-21-18-15-12-9-6-3)83-77(80)71-68-65-62-59-56-53-51-49-46-29-27-25-23-20-17-14-11-8-5-2/h7-8,10-11,15-20,24-27,30-31,33-34,36-37,39-40,42-43,45-47,49,74H,4-6,9,12-14,21-23,28-29,32,35,38,41,44,48,50-73H2,1-3H3/b10-7-,11-8-,18-15-,19-16-,20-17-,26-24-,27-25-,31-30-,34-33-,37-36-,40-39-,43-42-,47-45-,49-46-. The largest absolute Gasteiger partial charge is 0.462 e. The van der Waals surface area contributed by atoms with Crippen molar-refractivity contribution >= 4 is 17.9 Å². The van der Waals surface area contributed by atoms with Crippen molar-refractivity contribution in [3.8, 4) is 0 Å². The summed E-state index contributed by atoms with van der Waals surface area (Å²) in [6, 6.07) is 0. The number of esters is 3. The minimum Gasteiger partial charge on any atom is -0.462 e. The summed E-state index contributed by atoms with van der Waals surface area (Å²) in [5.74, 6) is -0.936. The summed E-state index contributed by atoms with van der Waals surface area (Å²) in [6.07, 6.45) is 102. The number of unbranched alkanes of at least 4 members (excludes halogenated alkanes) is 20. The second-order valence-electron chi connectivity index (χ2n) is 21.6. The molecule has 0 aliphatic rings.